The highest BCUT2D eigenvalue weighted by Gasteiger charge is 2.18. The van der Waals surface area contributed by atoms with E-state index in [1.54, 1.807) is 12.3 Å². The van der Waals surface area contributed by atoms with Crippen LogP contribution in [-0.4, -0.2) is 30.1 Å². The minimum atomic E-state index is -0.109. The average Bonchev–Trinajstić information content (AvgIpc) is 2.69. The molecule has 0 radical (unpaired) electrons. The Kier molecular flexibility index (Phi) is 4.91. The fourth-order valence-corrected chi connectivity index (χ4v) is 3.43. The van der Waals surface area contributed by atoms with Crippen molar-refractivity contribution in [2.24, 2.45) is 0 Å². The number of carbonyl (C=O) groups is 1. The van der Waals surface area contributed by atoms with Gasteiger partial charge in [-0.3, -0.25) is 9.78 Å². The van der Waals surface area contributed by atoms with Gasteiger partial charge in [0.1, 0.15) is 18.9 Å². The molecule has 0 saturated heterocycles. The third kappa shape index (κ3) is 3.90. The molecule has 0 bridgehead atoms. The zero-order valence-electron chi connectivity index (χ0n) is 14.7. The molecule has 2 aromatic rings. The second-order valence-electron chi connectivity index (χ2n) is 6.72. The summed E-state index contributed by atoms with van der Waals surface area (Å²) >= 11 is 0. The molecule has 2 N–H and O–H groups in total. The average molecular weight is 353 g/mol. The van der Waals surface area contributed by atoms with Crippen molar-refractivity contribution in [2.45, 2.75) is 38.1 Å². The molecule has 0 atom stereocenters. The quantitative estimate of drug-likeness (QED) is 0.878. The van der Waals surface area contributed by atoms with E-state index in [1.807, 2.05) is 24.3 Å². The molecular formula is C20H23N3O3. The lowest BCUT2D eigenvalue weighted by Crippen LogP contribution is -2.36. The van der Waals surface area contributed by atoms with E-state index in [1.165, 1.54) is 19.3 Å². The summed E-state index contributed by atoms with van der Waals surface area (Å²) in [4.78, 5) is 16.7. The third-order valence-electron chi connectivity index (χ3n) is 4.76. The van der Waals surface area contributed by atoms with Crippen LogP contribution in [-0.2, 0) is 0 Å². The summed E-state index contributed by atoms with van der Waals surface area (Å²) in [5.74, 6) is 1.37. The predicted molar refractivity (Wildman–Crippen MR) is 99.3 cm³/mol. The molecule has 6 nitrogen and oxygen atoms in total. The number of benzene rings is 1. The number of pyridine rings is 1. The van der Waals surface area contributed by atoms with Crippen LogP contribution in [0, 0.1) is 0 Å². The zero-order valence-corrected chi connectivity index (χ0v) is 14.7. The third-order valence-corrected chi connectivity index (χ3v) is 4.76. The van der Waals surface area contributed by atoms with E-state index in [-0.39, 0.29) is 11.9 Å². The van der Waals surface area contributed by atoms with Gasteiger partial charge in [0, 0.05) is 29.7 Å². The lowest BCUT2D eigenvalue weighted by molar-refractivity contribution is 0.0922. The summed E-state index contributed by atoms with van der Waals surface area (Å²) in [5.41, 5.74) is 2.11. The Labute approximate surface area is 152 Å². The molecule has 1 aliphatic heterocycles. The number of fused-ring (bicyclic) bond motifs is 1. The molecule has 6 heteroatoms. The molecule has 1 amide bonds. The highest BCUT2D eigenvalue weighted by atomic mass is 16.6. The van der Waals surface area contributed by atoms with Crippen molar-refractivity contribution in [1.82, 2.24) is 10.3 Å². The van der Waals surface area contributed by atoms with Crippen molar-refractivity contribution in [3.05, 3.63) is 42.2 Å². The SMILES string of the molecule is O=C(NC1CCCCC1)c1cc(Nc2ccc3c(c2)OCCO3)ccn1. The van der Waals surface area contributed by atoms with E-state index < -0.39 is 0 Å². The van der Waals surface area contributed by atoms with Crippen molar-refractivity contribution >= 4 is 17.3 Å². The smallest absolute Gasteiger partial charge is 0.270 e. The minimum Gasteiger partial charge on any atom is -0.486 e. The number of nitrogens with zero attached hydrogens (tertiary/aromatic N) is 1. The summed E-state index contributed by atoms with van der Waals surface area (Å²) in [7, 11) is 0. The molecule has 26 heavy (non-hydrogen) atoms. The van der Waals surface area contributed by atoms with Crippen molar-refractivity contribution in [3.8, 4) is 11.5 Å². The monoisotopic (exact) mass is 353 g/mol. The van der Waals surface area contributed by atoms with Gasteiger partial charge in [0.25, 0.3) is 5.91 Å². The van der Waals surface area contributed by atoms with Crippen LogP contribution in [0.3, 0.4) is 0 Å². The number of aromatic nitrogens is 1. The van der Waals surface area contributed by atoms with Gasteiger partial charge < -0.3 is 20.1 Å². The molecular weight excluding hydrogens is 330 g/mol. The number of carbonyl (C=O) groups excluding carboxylic acids is 1. The largest absolute Gasteiger partial charge is 0.486 e. The Balaban J connectivity index is 1.44. The first kappa shape index (κ1) is 16.7. The van der Waals surface area contributed by atoms with Crippen molar-refractivity contribution in [1.29, 1.82) is 0 Å². The molecule has 1 fully saturated rings. The molecule has 1 aromatic heterocycles. The highest BCUT2D eigenvalue weighted by Crippen LogP contribution is 2.33. The van der Waals surface area contributed by atoms with Crippen LogP contribution >= 0.6 is 0 Å². The molecule has 2 heterocycles. The molecule has 136 valence electrons. The lowest BCUT2D eigenvalue weighted by atomic mass is 9.95. The fourth-order valence-electron chi connectivity index (χ4n) is 3.43. The van der Waals surface area contributed by atoms with Gasteiger partial charge in [-0.15, -0.1) is 0 Å². The standard InChI is InChI=1S/C20H23N3O3/c24-20(23-14-4-2-1-3-5-14)17-12-16(8-9-21-17)22-15-6-7-18-19(13-15)26-11-10-25-18/h6-9,12-14H,1-5,10-11H2,(H,21,22)(H,23,24). The Bertz CT molecular complexity index is 788. The first-order valence-corrected chi connectivity index (χ1v) is 9.21. The maximum absolute atomic E-state index is 12.5. The van der Waals surface area contributed by atoms with E-state index >= 15 is 0 Å². The second kappa shape index (κ2) is 7.64. The number of hydrogen-bond acceptors (Lipinski definition) is 5. The van der Waals surface area contributed by atoms with Crippen LogP contribution in [0.25, 0.3) is 0 Å². The summed E-state index contributed by atoms with van der Waals surface area (Å²) in [5, 5.41) is 6.40. The molecule has 1 aliphatic carbocycles. The van der Waals surface area contributed by atoms with Gasteiger partial charge in [-0.25, -0.2) is 0 Å². The minimum absolute atomic E-state index is 0.109. The van der Waals surface area contributed by atoms with Gasteiger partial charge in [0.05, 0.1) is 0 Å². The van der Waals surface area contributed by atoms with Crippen LogP contribution in [0.1, 0.15) is 42.6 Å². The Morgan fingerprint density at radius 2 is 1.73 bits per heavy atom. The number of ether oxygens (including phenoxy) is 2. The van der Waals surface area contributed by atoms with Crippen molar-refractivity contribution in [2.75, 3.05) is 18.5 Å². The summed E-state index contributed by atoms with van der Waals surface area (Å²) in [6.07, 6.45) is 7.39. The first-order valence-electron chi connectivity index (χ1n) is 9.21. The Morgan fingerprint density at radius 3 is 2.58 bits per heavy atom. The summed E-state index contributed by atoms with van der Waals surface area (Å²) in [6.45, 7) is 1.13. The maximum Gasteiger partial charge on any atom is 0.270 e. The van der Waals surface area contributed by atoms with Gasteiger partial charge in [-0.05, 0) is 37.1 Å². The number of hydrogen-bond donors (Lipinski definition) is 2. The van der Waals surface area contributed by atoms with Crippen LogP contribution in [0.4, 0.5) is 11.4 Å². The number of rotatable bonds is 4. The summed E-state index contributed by atoms with van der Waals surface area (Å²) in [6, 6.07) is 9.59. The molecule has 4 rings (SSSR count). The van der Waals surface area contributed by atoms with Gasteiger partial charge in [-0.2, -0.15) is 0 Å². The van der Waals surface area contributed by atoms with Crippen LogP contribution in [0.5, 0.6) is 11.5 Å². The topological polar surface area (TPSA) is 72.5 Å². The van der Waals surface area contributed by atoms with E-state index in [4.69, 9.17) is 9.47 Å². The molecule has 1 aromatic carbocycles. The van der Waals surface area contributed by atoms with E-state index in [2.05, 4.69) is 15.6 Å². The van der Waals surface area contributed by atoms with E-state index in [0.29, 0.717) is 18.9 Å². The normalized spacial score (nSPS) is 16.8. The number of amides is 1. The number of anilines is 2. The zero-order chi connectivity index (χ0) is 17.8. The van der Waals surface area contributed by atoms with Crippen LogP contribution in [0.2, 0.25) is 0 Å². The predicted octanol–water partition coefficient (Wildman–Crippen LogP) is 3.66. The molecule has 0 unspecified atom stereocenters. The van der Waals surface area contributed by atoms with Gasteiger partial charge in [-0.1, -0.05) is 19.3 Å². The van der Waals surface area contributed by atoms with Gasteiger partial charge >= 0.3 is 0 Å². The maximum atomic E-state index is 12.5. The second-order valence-corrected chi connectivity index (χ2v) is 6.72. The van der Waals surface area contributed by atoms with Gasteiger partial charge in [0.15, 0.2) is 11.5 Å². The van der Waals surface area contributed by atoms with Crippen molar-refractivity contribution in [3.63, 3.8) is 0 Å². The van der Waals surface area contributed by atoms with Crippen LogP contribution in [0.15, 0.2) is 36.5 Å². The van der Waals surface area contributed by atoms with E-state index in [9.17, 15) is 4.79 Å². The summed E-state index contributed by atoms with van der Waals surface area (Å²) < 4.78 is 11.1. The van der Waals surface area contributed by atoms with Crippen LogP contribution < -0.4 is 20.1 Å². The van der Waals surface area contributed by atoms with Gasteiger partial charge in [0.2, 0.25) is 0 Å². The lowest BCUT2D eigenvalue weighted by Gasteiger charge is -2.22. The molecule has 1 saturated carbocycles. The Hall–Kier alpha value is -2.76. The van der Waals surface area contributed by atoms with Crippen molar-refractivity contribution < 1.29 is 14.3 Å². The molecule has 2 aliphatic rings. The number of nitrogens with one attached hydrogen (secondary N) is 2. The first-order chi connectivity index (χ1) is 12.8. The fraction of sp³-hybridized carbons (Fsp3) is 0.400. The molecule has 0 spiro atoms. The Morgan fingerprint density at radius 1 is 0.962 bits per heavy atom. The highest BCUT2D eigenvalue weighted by molar-refractivity contribution is 5.93. The van der Waals surface area contributed by atoms with E-state index in [0.717, 1.165) is 35.7 Å².